The summed E-state index contributed by atoms with van der Waals surface area (Å²) >= 11 is 0. The van der Waals surface area contributed by atoms with Crippen molar-refractivity contribution in [2.24, 2.45) is 10.9 Å². The molecule has 2 aromatic rings. The minimum Gasteiger partial charge on any atom is -0.352 e. The number of amides is 1. The van der Waals surface area contributed by atoms with Crippen molar-refractivity contribution in [3.05, 3.63) is 47.8 Å². The van der Waals surface area contributed by atoms with Crippen molar-refractivity contribution >= 4 is 11.9 Å². The largest absolute Gasteiger partial charge is 0.352 e. The monoisotopic (exact) mass is 426 g/mol. The van der Waals surface area contributed by atoms with Crippen LogP contribution in [-0.4, -0.2) is 52.5 Å². The van der Waals surface area contributed by atoms with Gasteiger partial charge in [0.25, 0.3) is 0 Å². The minimum absolute atomic E-state index is 0.180. The smallest absolute Gasteiger partial charge is 0.225 e. The average Bonchev–Trinajstić information content (AvgIpc) is 3.53. The van der Waals surface area contributed by atoms with Gasteiger partial charge < -0.3 is 20.1 Å². The summed E-state index contributed by atoms with van der Waals surface area (Å²) in [6, 6.07) is 5.38. The highest BCUT2D eigenvalue weighted by Gasteiger charge is 2.32. The maximum absolute atomic E-state index is 14.6. The third-order valence-corrected chi connectivity index (χ3v) is 6.33. The van der Waals surface area contributed by atoms with Gasteiger partial charge in [-0.15, -0.1) is 0 Å². The Morgan fingerprint density at radius 1 is 1.29 bits per heavy atom. The average molecular weight is 427 g/mol. The molecule has 1 aliphatic heterocycles. The molecule has 7 nitrogen and oxygen atoms in total. The van der Waals surface area contributed by atoms with E-state index in [1.165, 1.54) is 18.9 Å². The molecule has 1 unspecified atom stereocenters. The molecule has 0 radical (unpaired) electrons. The highest BCUT2D eigenvalue weighted by molar-refractivity contribution is 5.81. The first-order valence-electron chi connectivity index (χ1n) is 11.1. The van der Waals surface area contributed by atoms with E-state index in [-0.39, 0.29) is 17.8 Å². The Labute approximate surface area is 182 Å². The van der Waals surface area contributed by atoms with Crippen LogP contribution in [0, 0.1) is 18.7 Å². The molecule has 1 saturated carbocycles. The second-order valence-electron chi connectivity index (χ2n) is 8.45. The number of hydrogen-bond acceptors (Lipinski definition) is 3. The number of carbonyl (C=O) groups excluding carboxylic acids is 1. The molecule has 0 bridgehead atoms. The number of rotatable bonds is 5. The van der Waals surface area contributed by atoms with Crippen molar-refractivity contribution in [3.63, 3.8) is 0 Å². The number of aromatic nitrogens is 2. The molecule has 1 saturated heterocycles. The van der Waals surface area contributed by atoms with E-state index >= 15 is 0 Å². The Balaban J connectivity index is 1.29. The second-order valence-corrected chi connectivity index (χ2v) is 8.45. The molecule has 0 spiro atoms. The molecular formula is C23H31FN6O. The molecule has 2 N–H and O–H groups in total. The lowest BCUT2D eigenvalue weighted by atomic mass is 10.1. The predicted octanol–water partition coefficient (Wildman–Crippen LogP) is 2.78. The maximum Gasteiger partial charge on any atom is 0.225 e. The van der Waals surface area contributed by atoms with Crippen LogP contribution in [0.1, 0.15) is 43.5 Å². The van der Waals surface area contributed by atoms with Crippen LogP contribution in [0.5, 0.6) is 0 Å². The lowest BCUT2D eigenvalue weighted by Gasteiger charge is -2.21. The van der Waals surface area contributed by atoms with Gasteiger partial charge in [0, 0.05) is 51.0 Å². The summed E-state index contributed by atoms with van der Waals surface area (Å²) < 4.78 is 16.3. The van der Waals surface area contributed by atoms with Gasteiger partial charge in [-0.1, -0.05) is 18.9 Å². The molecule has 166 valence electrons. The maximum atomic E-state index is 14.6. The fourth-order valence-electron chi connectivity index (χ4n) is 4.57. The second kappa shape index (κ2) is 9.49. The molecule has 31 heavy (non-hydrogen) atoms. The lowest BCUT2D eigenvalue weighted by molar-refractivity contribution is -0.134. The number of carbonyl (C=O) groups is 1. The third kappa shape index (κ3) is 4.89. The van der Waals surface area contributed by atoms with Crippen LogP contribution in [0.25, 0.3) is 5.69 Å². The zero-order valence-electron chi connectivity index (χ0n) is 18.3. The normalized spacial score (nSPS) is 19.8. The predicted molar refractivity (Wildman–Crippen MR) is 119 cm³/mol. The van der Waals surface area contributed by atoms with Crippen LogP contribution in [0.4, 0.5) is 4.39 Å². The molecule has 1 aromatic heterocycles. The molecule has 2 aliphatic rings. The van der Waals surface area contributed by atoms with E-state index < -0.39 is 0 Å². The minimum atomic E-state index is -0.291. The summed E-state index contributed by atoms with van der Waals surface area (Å²) in [6.45, 7) is 3.81. The third-order valence-electron chi connectivity index (χ3n) is 6.33. The van der Waals surface area contributed by atoms with E-state index in [1.54, 1.807) is 30.1 Å². The lowest BCUT2D eigenvalue weighted by Crippen LogP contribution is -2.45. The van der Waals surface area contributed by atoms with Crippen LogP contribution in [-0.2, 0) is 11.3 Å². The van der Waals surface area contributed by atoms with Crippen LogP contribution < -0.4 is 10.6 Å². The van der Waals surface area contributed by atoms with Gasteiger partial charge >= 0.3 is 0 Å². The number of guanidine groups is 1. The molecule has 1 aromatic carbocycles. The summed E-state index contributed by atoms with van der Waals surface area (Å²) in [5.41, 5.74) is 1.31. The fourth-order valence-corrected chi connectivity index (χ4v) is 4.57. The van der Waals surface area contributed by atoms with Crippen LogP contribution >= 0.6 is 0 Å². The van der Waals surface area contributed by atoms with Crippen LogP contribution in [0.15, 0.2) is 35.6 Å². The first kappa shape index (κ1) is 21.3. The first-order chi connectivity index (χ1) is 15.0. The van der Waals surface area contributed by atoms with E-state index in [4.69, 9.17) is 0 Å². The number of imidazole rings is 1. The summed E-state index contributed by atoms with van der Waals surface area (Å²) in [4.78, 5) is 23.1. The zero-order chi connectivity index (χ0) is 21.8. The number of aryl methyl sites for hydroxylation is 1. The number of likely N-dealkylation sites (tertiary alicyclic amines) is 1. The number of benzene rings is 1. The van der Waals surface area contributed by atoms with E-state index in [0.717, 1.165) is 37.2 Å². The van der Waals surface area contributed by atoms with E-state index in [1.807, 2.05) is 17.9 Å². The Bertz CT molecular complexity index is 949. The van der Waals surface area contributed by atoms with Gasteiger partial charge in [-0.05, 0) is 43.9 Å². The Kier molecular flexibility index (Phi) is 6.53. The molecule has 1 amide bonds. The topological polar surface area (TPSA) is 74.6 Å². The molecular weight excluding hydrogens is 395 g/mol. The summed E-state index contributed by atoms with van der Waals surface area (Å²) in [5, 5.41) is 6.66. The van der Waals surface area contributed by atoms with Gasteiger partial charge in [-0.25, -0.2) is 9.37 Å². The Hall–Kier alpha value is -2.90. The van der Waals surface area contributed by atoms with Crippen molar-refractivity contribution in [2.75, 3.05) is 20.1 Å². The van der Waals surface area contributed by atoms with Crippen LogP contribution in [0.3, 0.4) is 0 Å². The standard InChI is InChI=1S/C23H31FN6O/c1-16-26-10-12-30(16)21-8-7-17(13-20(21)24)14-27-23(25-2)28-19-9-11-29(15-19)22(31)18-5-3-4-6-18/h7-8,10,12-13,18-19H,3-6,9,11,14-15H2,1-2H3,(H2,25,27,28). The SMILES string of the molecule is CN=C(NCc1ccc(-n2ccnc2C)c(F)c1)NC1CCN(C(=O)C2CCCC2)C1. The number of halogens is 1. The Morgan fingerprint density at radius 3 is 2.77 bits per heavy atom. The molecule has 1 aliphatic carbocycles. The van der Waals surface area contributed by atoms with Crippen molar-refractivity contribution in [1.29, 1.82) is 0 Å². The summed E-state index contributed by atoms with van der Waals surface area (Å²) in [7, 11) is 1.72. The number of nitrogens with one attached hydrogen (secondary N) is 2. The van der Waals surface area contributed by atoms with E-state index in [9.17, 15) is 9.18 Å². The van der Waals surface area contributed by atoms with Gasteiger partial charge in [0.1, 0.15) is 11.6 Å². The van der Waals surface area contributed by atoms with Crippen molar-refractivity contribution < 1.29 is 9.18 Å². The fraction of sp³-hybridized carbons (Fsp3) is 0.522. The molecule has 8 heteroatoms. The van der Waals surface area contributed by atoms with Gasteiger partial charge in [-0.3, -0.25) is 9.79 Å². The van der Waals surface area contributed by atoms with Crippen molar-refractivity contribution in [2.45, 2.75) is 51.6 Å². The first-order valence-corrected chi connectivity index (χ1v) is 11.1. The van der Waals surface area contributed by atoms with Gasteiger partial charge in [-0.2, -0.15) is 0 Å². The van der Waals surface area contributed by atoms with Gasteiger partial charge in [0.15, 0.2) is 5.96 Å². The zero-order valence-corrected chi connectivity index (χ0v) is 18.3. The van der Waals surface area contributed by atoms with Gasteiger partial charge in [0.05, 0.1) is 5.69 Å². The highest BCUT2D eigenvalue weighted by atomic mass is 19.1. The van der Waals surface area contributed by atoms with E-state index in [2.05, 4.69) is 20.6 Å². The van der Waals surface area contributed by atoms with Crippen molar-refractivity contribution in [3.8, 4) is 5.69 Å². The molecule has 2 heterocycles. The number of aliphatic imine (C=N–C) groups is 1. The highest BCUT2D eigenvalue weighted by Crippen LogP contribution is 2.27. The van der Waals surface area contributed by atoms with Crippen LogP contribution in [0.2, 0.25) is 0 Å². The summed E-state index contributed by atoms with van der Waals surface area (Å²) in [6.07, 6.45) is 8.73. The molecule has 1 atom stereocenters. The number of hydrogen-bond donors (Lipinski definition) is 2. The van der Waals surface area contributed by atoms with Crippen molar-refractivity contribution in [1.82, 2.24) is 25.1 Å². The van der Waals surface area contributed by atoms with E-state index in [0.29, 0.717) is 30.6 Å². The Morgan fingerprint density at radius 2 is 2.10 bits per heavy atom. The molecule has 2 fully saturated rings. The molecule has 4 rings (SSSR count). The summed E-state index contributed by atoms with van der Waals surface area (Å²) in [5.74, 6) is 1.65. The quantitative estimate of drug-likeness (QED) is 0.570. The van der Waals surface area contributed by atoms with Gasteiger partial charge in [0.2, 0.25) is 5.91 Å². The number of nitrogens with zero attached hydrogens (tertiary/aromatic N) is 4.